The fraction of sp³-hybridized carbons (Fsp3) is 0.276. The number of para-hydroxylation sites is 1. The van der Waals surface area contributed by atoms with Crippen LogP contribution in [0.3, 0.4) is 0 Å². The van der Waals surface area contributed by atoms with E-state index in [4.69, 9.17) is 0 Å². The Hall–Kier alpha value is -3.97. The number of anilines is 1. The predicted octanol–water partition coefficient (Wildman–Crippen LogP) is 3.45. The van der Waals surface area contributed by atoms with Crippen LogP contribution in [0.4, 0.5) is 5.69 Å². The first-order chi connectivity index (χ1) is 17.6. The zero-order chi connectivity index (χ0) is 24.9. The van der Waals surface area contributed by atoms with Crippen molar-refractivity contribution in [3.05, 3.63) is 102 Å². The highest BCUT2D eigenvalue weighted by molar-refractivity contribution is 6.09. The lowest BCUT2D eigenvalue weighted by atomic mass is 9.96. The summed E-state index contributed by atoms with van der Waals surface area (Å²) >= 11 is 0. The number of amides is 3. The first-order valence-electron chi connectivity index (χ1n) is 12.4. The van der Waals surface area contributed by atoms with Gasteiger partial charge in [0.25, 0.3) is 5.91 Å². The second kappa shape index (κ2) is 10.7. The van der Waals surface area contributed by atoms with Crippen LogP contribution in [0.1, 0.15) is 40.4 Å². The Morgan fingerprint density at radius 1 is 0.806 bits per heavy atom. The van der Waals surface area contributed by atoms with Crippen molar-refractivity contribution in [2.24, 2.45) is 0 Å². The van der Waals surface area contributed by atoms with Gasteiger partial charge in [0.15, 0.2) is 0 Å². The van der Waals surface area contributed by atoms with E-state index in [-0.39, 0.29) is 36.6 Å². The third-order valence-electron chi connectivity index (χ3n) is 6.96. The van der Waals surface area contributed by atoms with Gasteiger partial charge in [0, 0.05) is 32.6 Å². The van der Waals surface area contributed by atoms with Gasteiger partial charge in [-0.25, -0.2) is 0 Å². The molecule has 1 atom stereocenters. The van der Waals surface area contributed by atoms with Crippen molar-refractivity contribution in [3.8, 4) is 0 Å². The largest absolute Gasteiger partial charge is 0.340 e. The fourth-order valence-electron chi connectivity index (χ4n) is 5.05. The number of benzene rings is 3. The molecule has 1 saturated heterocycles. The minimum absolute atomic E-state index is 0.00873. The summed E-state index contributed by atoms with van der Waals surface area (Å²) in [7, 11) is 0. The topological polar surface area (TPSA) is 81.8 Å². The van der Waals surface area contributed by atoms with Gasteiger partial charge in [-0.1, -0.05) is 72.8 Å². The summed E-state index contributed by atoms with van der Waals surface area (Å²) in [6.07, 6.45) is 0.469. The van der Waals surface area contributed by atoms with Gasteiger partial charge in [-0.15, -0.1) is 0 Å². The normalized spacial score (nSPS) is 18.2. The average molecular weight is 483 g/mol. The molecule has 0 radical (unpaired) electrons. The second-order valence-electron chi connectivity index (χ2n) is 9.24. The maximum absolute atomic E-state index is 13.0. The van der Waals surface area contributed by atoms with Crippen LogP contribution in [-0.4, -0.2) is 59.7 Å². The van der Waals surface area contributed by atoms with Gasteiger partial charge in [0.2, 0.25) is 11.8 Å². The second-order valence-corrected chi connectivity index (χ2v) is 9.24. The number of nitrogens with zero attached hydrogens (tertiary/aromatic N) is 2. The van der Waals surface area contributed by atoms with Gasteiger partial charge < -0.3 is 15.5 Å². The lowest BCUT2D eigenvalue weighted by Gasteiger charge is -2.40. The molecule has 7 nitrogen and oxygen atoms in total. The molecular weight excluding hydrogens is 452 g/mol. The van der Waals surface area contributed by atoms with Crippen molar-refractivity contribution < 1.29 is 14.4 Å². The zero-order valence-electron chi connectivity index (χ0n) is 20.1. The van der Waals surface area contributed by atoms with Gasteiger partial charge in [0.1, 0.15) is 6.04 Å². The summed E-state index contributed by atoms with van der Waals surface area (Å²) in [5, 5.41) is 5.57. The van der Waals surface area contributed by atoms with Gasteiger partial charge in [-0.3, -0.25) is 19.3 Å². The van der Waals surface area contributed by atoms with Gasteiger partial charge in [0.05, 0.1) is 17.3 Å². The Labute approximate surface area is 211 Å². The third-order valence-corrected chi connectivity index (χ3v) is 6.96. The predicted molar refractivity (Wildman–Crippen MR) is 138 cm³/mol. The molecule has 1 fully saturated rings. The Balaban J connectivity index is 1.19. The molecular formula is C29H30N4O3. The number of hydrogen-bond donors (Lipinski definition) is 2. The first kappa shape index (κ1) is 23.8. The smallest absolute Gasteiger partial charge is 0.254 e. The van der Waals surface area contributed by atoms with E-state index in [1.165, 1.54) is 11.1 Å². The van der Waals surface area contributed by atoms with E-state index in [9.17, 15) is 14.4 Å². The number of nitrogens with one attached hydrogen (secondary N) is 2. The Kier molecular flexibility index (Phi) is 7.09. The Bertz CT molecular complexity index is 1180. The van der Waals surface area contributed by atoms with E-state index in [1.54, 1.807) is 24.3 Å². The van der Waals surface area contributed by atoms with Crippen molar-refractivity contribution in [2.75, 3.05) is 31.5 Å². The molecule has 0 aliphatic carbocycles. The van der Waals surface area contributed by atoms with Crippen molar-refractivity contribution >= 4 is 23.4 Å². The Morgan fingerprint density at radius 3 is 2.03 bits per heavy atom. The molecule has 36 heavy (non-hydrogen) atoms. The van der Waals surface area contributed by atoms with E-state index < -0.39 is 6.04 Å². The van der Waals surface area contributed by atoms with Crippen LogP contribution >= 0.6 is 0 Å². The highest BCUT2D eigenvalue weighted by Crippen LogP contribution is 2.29. The van der Waals surface area contributed by atoms with Crippen molar-refractivity contribution in [1.29, 1.82) is 0 Å². The van der Waals surface area contributed by atoms with Crippen molar-refractivity contribution in [2.45, 2.75) is 24.9 Å². The van der Waals surface area contributed by atoms with Gasteiger partial charge >= 0.3 is 0 Å². The minimum Gasteiger partial charge on any atom is -0.340 e. The number of carbonyl (C=O) groups is 3. The molecule has 7 heteroatoms. The monoisotopic (exact) mass is 482 g/mol. The lowest BCUT2D eigenvalue weighted by Crippen LogP contribution is -2.50. The SMILES string of the molecule is O=C1NC(CCC(=O)N2CCN(C(c3ccccc3)c3ccccc3)CC2)C(=O)Nc2ccccc21. The number of carbonyl (C=O) groups excluding carboxylic acids is 3. The van der Waals surface area contributed by atoms with Crippen LogP contribution in [0.2, 0.25) is 0 Å². The van der Waals surface area contributed by atoms with Crippen molar-refractivity contribution in [1.82, 2.24) is 15.1 Å². The molecule has 1 unspecified atom stereocenters. The average Bonchev–Trinajstić information content (AvgIpc) is 3.04. The van der Waals surface area contributed by atoms with E-state index in [1.807, 2.05) is 17.0 Å². The molecule has 0 aromatic heterocycles. The Morgan fingerprint density at radius 2 is 1.39 bits per heavy atom. The van der Waals surface area contributed by atoms with Crippen LogP contribution in [-0.2, 0) is 9.59 Å². The summed E-state index contributed by atoms with van der Waals surface area (Å²) < 4.78 is 0. The molecule has 3 aromatic carbocycles. The molecule has 0 saturated carbocycles. The molecule has 0 spiro atoms. The molecule has 3 amide bonds. The molecule has 2 aliphatic heterocycles. The van der Waals surface area contributed by atoms with E-state index in [0.29, 0.717) is 24.3 Å². The van der Waals surface area contributed by atoms with Crippen LogP contribution < -0.4 is 10.6 Å². The number of piperazine rings is 1. The van der Waals surface area contributed by atoms with Gasteiger partial charge in [-0.2, -0.15) is 0 Å². The fourth-order valence-corrected chi connectivity index (χ4v) is 5.05. The number of fused-ring (bicyclic) bond motifs is 1. The summed E-state index contributed by atoms with van der Waals surface area (Å²) in [5.74, 6) is -0.586. The summed E-state index contributed by atoms with van der Waals surface area (Å²) in [5.41, 5.74) is 3.40. The zero-order valence-corrected chi connectivity index (χ0v) is 20.1. The molecule has 0 bridgehead atoms. The van der Waals surface area contributed by atoms with Crippen LogP contribution in [0, 0.1) is 0 Å². The third kappa shape index (κ3) is 5.16. The molecule has 3 aromatic rings. The lowest BCUT2D eigenvalue weighted by molar-refractivity contribution is -0.133. The molecule has 2 aliphatic rings. The maximum atomic E-state index is 13.0. The highest BCUT2D eigenvalue weighted by Gasteiger charge is 2.31. The van der Waals surface area contributed by atoms with Crippen LogP contribution in [0.25, 0.3) is 0 Å². The maximum Gasteiger partial charge on any atom is 0.254 e. The molecule has 2 N–H and O–H groups in total. The highest BCUT2D eigenvalue weighted by atomic mass is 16.2. The minimum atomic E-state index is -0.740. The summed E-state index contributed by atoms with van der Waals surface area (Å²) in [4.78, 5) is 42.5. The van der Waals surface area contributed by atoms with Crippen LogP contribution in [0.15, 0.2) is 84.9 Å². The van der Waals surface area contributed by atoms with E-state index in [0.717, 1.165) is 13.1 Å². The molecule has 5 rings (SSSR count). The van der Waals surface area contributed by atoms with E-state index in [2.05, 4.69) is 64.1 Å². The summed E-state index contributed by atoms with van der Waals surface area (Å²) in [6.45, 7) is 2.78. The van der Waals surface area contributed by atoms with Crippen LogP contribution in [0.5, 0.6) is 0 Å². The van der Waals surface area contributed by atoms with E-state index >= 15 is 0 Å². The first-order valence-corrected chi connectivity index (χ1v) is 12.4. The quantitative estimate of drug-likeness (QED) is 0.564. The molecule has 184 valence electrons. The van der Waals surface area contributed by atoms with Crippen molar-refractivity contribution in [3.63, 3.8) is 0 Å². The summed E-state index contributed by atoms with van der Waals surface area (Å²) in [6, 6.07) is 27.2. The molecule has 2 heterocycles. The standard InChI is InChI=1S/C29H30N4O3/c34-26(16-15-25-29(36)30-24-14-8-7-13-23(24)28(35)31-25)32-17-19-33(20-18-32)27(21-9-3-1-4-10-21)22-11-5-2-6-12-22/h1-14,25,27H,15-20H2,(H,30,36)(H,31,35). The number of hydrogen-bond acceptors (Lipinski definition) is 4. The number of rotatable bonds is 6. The van der Waals surface area contributed by atoms with Gasteiger partial charge in [-0.05, 0) is 29.7 Å².